The first kappa shape index (κ1) is 14.8. The van der Waals surface area contributed by atoms with Crippen molar-refractivity contribution in [3.8, 4) is 5.75 Å². The number of carbonyl (C=O) groups excluding carboxylic acids is 1. The number of carbonyl (C=O) groups is 1. The van der Waals surface area contributed by atoms with Crippen LogP contribution in [0.2, 0.25) is 5.02 Å². The Balaban J connectivity index is 2.60. The standard InChI is InChI=1S/C13H19ClN2O2/c1-3-16-9-10-8-11(14)4-5-12(10)18-7-6-13(17)15-2/h4-5,8,16H,3,6-7,9H2,1-2H3,(H,15,17). The Kier molecular flexibility index (Phi) is 6.54. The first-order valence-corrected chi connectivity index (χ1v) is 6.37. The lowest BCUT2D eigenvalue weighted by Gasteiger charge is -2.12. The quantitative estimate of drug-likeness (QED) is 0.796. The molecule has 0 fully saturated rings. The summed E-state index contributed by atoms with van der Waals surface area (Å²) in [6.07, 6.45) is 0.347. The summed E-state index contributed by atoms with van der Waals surface area (Å²) < 4.78 is 5.60. The van der Waals surface area contributed by atoms with E-state index in [4.69, 9.17) is 16.3 Å². The topological polar surface area (TPSA) is 50.4 Å². The van der Waals surface area contributed by atoms with Gasteiger partial charge in [-0.3, -0.25) is 4.79 Å². The van der Waals surface area contributed by atoms with Crippen LogP contribution >= 0.6 is 11.6 Å². The van der Waals surface area contributed by atoms with Gasteiger partial charge < -0.3 is 15.4 Å². The summed E-state index contributed by atoms with van der Waals surface area (Å²) in [4.78, 5) is 11.1. The molecule has 18 heavy (non-hydrogen) atoms. The van der Waals surface area contributed by atoms with Gasteiger partial charge in [0.1, 0.15) is 5.75 Å². The van der Waals surface area contributed by atoms with Gasteiger partial charge in [0.15, 0.2) is 0 Å². The normalized spacial score (nSPS) is 10.2. The van der Waals surface area contributed by atoms with Gasteiger partial charge in [0.25, 0.3) is 0 Å². The Labute approximate surface area is 113 Å². The van der Waals surface area contributed by atoms with Gasteiger partial charge in [-0.05, 0) is 24.7 Å². The van der Waals surface area contributed by atoms with Crippen molar-refractivity contribution in [3.05, 3.63) is 28.8 Å². The zero-order valence-corrected chi connectivity index (χ0v) is 11.5. The van der Waals surface area contributed by atoms with Crippen LogP contribution in [-0.4, -0.2) is 26.1 Å². The summed E-state index contributed by atoms with van der Waals surface area (Å²) in [5.41, 5.74) is 1.00. The average molecular weight is 271 g/mol. The first-order chi connectivity index (χ1) is 8.67. The predicted octanol–water partition coefficient (Wildman–Crippen LogP) is 1.96. The summed E-state index contributed by atoms with van der Waals surface area (Å²) >= 11 is 5.96. The minimum absolute atomic E-state index is 0.0304. The van der Waals surface area contributed by atoms with Gasteiger partial charge in [-0.2, -0.15) is 0 Å². The van der Waals surface area contributed by atoms with Crippen LogP contribution in [0.15, 0.2) is 18.2 Å². The molecule has 0 aliphatic carbocycles. The zero-order valence-electron chi connectivity index (χ0n) is 10.8. The van der Waals surface area contributed by atoms with Crippen LogP contribution in [0.5, 0.6) is 5.75 Å². The number of hydrogen-bond donors (Lipinski definition) is 2. The molecule has 0 aliphatic heterocycles. The van der Waals surface area contributed by atoms with Crippen LogP contribution in [0.3, 0.4) is 0 Å². The number of amides is 1. The Morgan fingerprint density at radius 1 is 1.44 bits per heavy atom. The molecule has 1 rings (SSSR count). The van der Waals surface area contributed by atoms with Crippen molar-refractivity contribution < 1.29 is 9.53 Å². The first-order valence-electron chi connectivity index (χ1n) is 6.00. The van der Waals surface area contributed by atoms with Crippen molar-refractivity contribution in [3.63, 3.8) is 0 Å². The second-order valence-corrected chi connectivity index (χ2v) is 4.24. The maximum absolute atomic E-state index is 11.1. The van der Waals surface area contributed by atoms with Gasteiger partial charge in [-0.15, -0.1) is 0 Å². The molecule has 0 spiro atoms. The van der Waals surface area contributed by atoms with Gasteiger partial charge in [-0.25, -0.2) is 0 Å². The summed E-state index contributed by atoms with van der Waals surface area (Å²) in [6, 6.07) is 5.49. The van der Waals surface area contributed by atoms with Crippen molar-refractivity contribution in [2.45, 2.75) is 19.9 Å². The fourth-order valence-corrected chi connectivity index (χ4v) is 1.66. The third kappa shape index (κ3) is 4.94. The molecular formula is C13H19ClN2O2. The highest BCUT2D eigenvalue weighted by Gasteiger charge is 2.05. The number of rotatable bonds is 7. The lowest BCUT2D eigenvalue weighted by molar-refractivity contribution is -0.121. The lowest BCUT2D eigenvalue weighted by atomic mass is 10.2. The summed E-state index contributed by atoms with van der Waals surface area (Å²) in [7, 11) is 1.61. The number of halogens is 1. The van der Waals surface area contributed by atoms with Crippen LogP contribution in [0, 0.1) is 0 Å². The Bertz CT molecular complexity index is 397. The van der Waals surface area contributed by atoms with Crippen molar-refractivity contribution >= 4 is 17.5 Å². The van der Waals surface area contributed by atoms with E-state index in [-0.39, 0.29) is 5.91 Å². The van der Waals surface area contributed by atoms with Crippen molar-refractivity contribution in [2.24, 2.45) is 0 Å². The van der Waals surface area contributed by atoms with E-state index in [1.165, 1.54) is 0 Å². The van der Waals surface area contributed by atoms with Crippen LogP contribution in [-0.2, 0) is 11.3 Å². The van der Waals surface area contributed by atoms with Crippen molar-refractivity contribution in [1.29, 1.82) is 0 Å². The van der Waals surface area contributed by atoms with Gasteiger partial charge in [-0.1, -0.05) is 18.5 Å². The maximum Gasteiger partial charge on any atom is 0.223 e. The van der Waals surface area contributed by atoms with Gasteiger partial charge in [0.05, 0.1) is 13.0 Å². The van der Waals surface area contributed by atoms with Gasteiger partial charge >= 0.3 is 0 Å². The van der Waals surface area contributed by atoms with E-state index >= 15 is 0 Å². The molecule has 0 saturated carbocycles. The molecule has 0 aromatic heterocycles. The zero-order chi connectivity index (χ0) is 13.4. The molecule has 0 heterocycles. The lowest BCUT2D eigenvalue weighted by Crippen LogP contribution is -2.20. The molecule has 0 unspecified atom stereocenters. The van der Waals surface area contributed by atoms with E-state index in [0.717, 1.165) is 17.9 Å². The fraction of sp³-hybridized carbons (Fsp3) is 0.462. The Morgan fingerprint density at radius 2 is 2.22 bits per heavy atom. The number of hydrogen-bond acceptors (Lipinski definition) is 3. The molecule has 1 aromatic rings. The van der Waals surface area contributed by atoms with E-state index < -0.39 is 0 Å². The number of nitrogens with one attached hydrogen (secondary N) is 2. The Hall–Kier alpha value is -1.26. The highest BCUT2D eigenvalue weighted by Crippen LogP contribution is 2.23. The molecule has 5 heteroatoms. The molecule has 0 radical (unpaired) electrons. The summed E-state index contributed by atoms with van der Waals surface area (Å²) in [5.74, 6) is 0.737. The largest absolute Gasteiger partial charge is 0.493 e. The minimum Gasteiger partial charge on any atom is -0.493 e. The van der Waals surface area contributed by atoms with Crippen molar-refractivity contribution in [1.82, 2.24) is 10.6 Å². The molecule has 4 nitrogen and oxygen atoms in total. The molecular weight excluding hydrogens is 252 g/mol. The molecule has 0 atom stereocenters. The van der Waals surface area contributed by atoms with E-state index in [1.807, 2.05) is 19.1 Å². The summed E-state index contributed by atoms with van der Waals surface area (Å²) in [6.45, 7) is 3.98. The van der Waals surface area contributed by atoms with Crippen LogP contribution in [0.25, 0.3) is 0 Å². The molecule has 1 amide bonds. The Morgan fingerprint density at radius 3 is 2.89 bits per heavy atom. The second kappa shape index (κ2) is 7.95. The average Bonchev–Trinajstić information content (AvgIpc) is 2.38. The minimum atomic E-state index is -0.0304. The van der Waals surface area contributed by atoms with E-state index in [0.29, 0.717) is 24.6 Å². The van der Waals surface area contributed by atoms with Crippen LogP contribution < -0.4 is 15.4 Å². The van der Waals surface area contributed by atoms with E-state index in [9.17, 15) is 4.79 Å². The highest BCUT2D eigenvalue weighted by atomic mass is 35.5. The highest BCUT2D eigenvalue weighted by molar-refractivity contribution is 6.30. The molecule has 0 aliphatic rings. The monoisotopic (exact) mass is 270 g/mol. The number of ether oxygens (including phenoxy) is 1. The third-order valence-corrected chi connectivity index (χ3v) is 2.69. The van der Waals surface area contributed by atoms with Crippen molar-refractivity contribution in [2.75, 3.05) is 20.2 Å². The molecule has 2 N–H and O–H groups in total. The molecule has 100 valence electrons. The van der Waals surface area contributed by atoms with Gasteiger partial charge in [0, 0.05) is 24.2 Å². The number of benzene rings is 1. The third-order valence-electron chi connectivity index (χ3n) is 2.45. The summed E-state index contributed by atoms with van der Waals surface area (Å²) in [5, 5.41) is 6.46. The maximum atomic E-state index is 11.1. The smallest absolute Gasteiger partial charge is 0.223 e. The second-order valence-electron chi connectivity index (χ2n) is 3.80. The van der Waals surface area contributed by atoms with E-state index in [2.05, 4.69) is 10.6 Å². The SMILES string of the molecule is CCNCc1cc(Cl)ccc1OCCC(=O)NC. The molecule has 0 bridgehead atoms. The molecule has 1 aromatic carbocycles. The van der Waals surface area contributed by atoms with Crippen LogP contribution in [0.1, 0.15) is 18.9 Å². The predicted molar refractivity (Wildman–Crippen MR) is 73.0 cm³/mol. The van der Waals surface area contributed by atoms with E-state index in [1.54, 1.807) is 13.1 Å². The van der Waals surface area contributed by atoms with Gasteiger partial charge in [0.2, 0.25) is 5.91 Å². The van der Waals surface area contributed by atoms with Crippen LogP contribution in [0.4, 0.5) is 0 Å². The molecule has 0 saturated heterocycles. The fourth-order valence-electron chi connectivity index (χ4n) is 1.47.